The quantitative estimate of drug-likeness (QED) is 0.558. The number of unbranched alkanes of at least 4 members (excludes halogenated alkanes) is 1. The van der Waals surface area contributed by atoms with E-state index in [1.54, 1.807) is 0 Å². The van der Waals surface area contributed by atoms with E-state index in [-0.39, 0.29) is 18.2 Å². The Hall–Kier alpha value is -2.83. The summed E-state index contributed by atoms with van der Waals surface area (Å²) in [7, 11) is 0. The van der Waals surface area contributed by atoms with Gasteiger partial charge >= 0.3 is 5.69 Å². The number of hydrogen-bond acceptors (Lipinski definition) is 4. The van der Waals surface area contributed by atoms with E-state index in [1.807, 2.05) is 31.2 Å². The van der Waals surface area contributed by atoms with Crippen LogP contribution in [0.2, 0.25) is 0 Å². The minimum atomic E-state index is -0.694. The highest BCUT2D eigenvalue weighted by Crippen LogP contribution is 2.28. The lowest BCUT2D eigenvalue weighted by Gasteiger charge is -2.18. The molecule has 0 saturated carbocycles. The highest BCUT2D eigenvalue weighted by Gasteiger charge is 2.29. The first-order chi connectivity index (χ1) is 12.0. The molecule has 1 heterocycles. The first-order valence-corrected chi connectivity index (χ1v) is 8.45. The molecule has 3 rings (SSSR count). The lowest BCUT2D eigenvalue weighted by Crippen LogP contribution is -2.45. The van der Waals surface area contributed by atoms with Crippen molar-refractivity contribution < 1.29 is 5.11 Å². The maximum Gasteiger partial charge on any atom is 0.334 e. The molecule has 0 fully saturated rings. The van der Waals surface area contributed by atoms with Crippen molar-refractivity contribution in [1.82, 2.24) is 9.13 Å². The number of rotatable bonds is 5. The summed E-state index contributed by atoms with van der Waals surface area (Å²) in [4.78, 5) is 25.7. The summed E-state index contributed by atoms with van der Waals surface area (Å²) < 4.78 is 2.32. The molecule has 0 unspecified atom stereocenters. The number of nitrogens with one attached hydrogen (secondary N) is 1. The molecular formula is C18H22N4O3. The molecule has 0 bridgehead atoms. The Kier molecular flexibility index (Phi) is 4.48. The Balaban J connectivity index is 2.17. The number of nitrogens with two attached hydrogens (primary N) is 1. The van der Waals surface area contributed by atoms with Crippen LogP contribution in [-0.4, -0.2) is 20.1 Å². The zero-order chi connectivity index (χ0) is 18.1. The second kappa shape index (κ2) is 6.58. The summed E-state index contributed by atoms with van der Waals surface area (Å²) >= 11 is 0. The van der Waals surface area contributed by atoms with Crippen molar-refractivity contribution >= 4 is 5.84 Å². The molecule has 0 atom stereocenters. The predicted molar refractivity (Wildman–Crippen MR) is 95.4 cm³/mol. The van der Waals surface area contributed by atoms with Gasteiger partial charge in [0.15, 0.2) is 0 Å². The molecular weight excluding hydrogens is 320 g/mol. The van der Waals surface area contributed by atoms with Gasteiger partial charge < -0.3 is 10.8 Å². The van der Waals surface area contributed by atoms with Gasteiger partial charge in [0.25, 0.3) is 5.56 Å². The molecule has 1 aromatic heterocycles. The van der Waals surface area contributed by atoms with Crippen LogP contribution in [0.1, 0.15) is 42.5 Å². The van der Waals surface area contributed by atoms with Gasteiger partial charge in [0, 0.05) is 12.6 Å². The van der Waals surface area contributed by atoms with Crippen LogP contribution in [0, 0.1) is 5.41 Å². The van der Waals surface area contributed by atoms with E-state index in [0.29, 0.717) is 19.3 Å². The number of fused-ring (bicyclic) bond motifs is 1. The van der Waals surface area contributed by atoms with Gasteiger partial charge in [-0.1, -0.05) is 37.6 Å². The average Bonchev–Trinajstić information content (AvgIpc) is 2.97. The standard InChI is InChI=1S/C18H22N4O3/c1-2-3-8-21-16(23)14(15(19)20)17(24)22(18(21)25)13-9-11-6-4-5-7-12(11)10-13/h4-7,13,23H,2-3,8-10H2,1H3,(H3,19,20). The van der Waals surface area contributed by atoms with E-state index in [9.17, 15) is 14.7 Å². The lowest BCUT2D eigenvalue weighted by molar-refractivity contribution is 0.369. The fourth-order valence-corrected chi connectivity index (χ4v) is 3.45. The Bertz CT molecular complexity index is 917. The van der Waals surface area contributed by atoms with Crippen molar-refractivity contribution in [2.75, 3.05) is 0 Å². The third kappa shape index (κ3) is 2.86. The smallest absolute Gasteiger partial charge is 0.334 e. The normalized spacial score (nSPS) is 13.8. The van der Waals surface area contributed by atoms with Crippen LogP contribution in [0.15, 0.2) is 33.9 Å². The predicted octanol–water partition coefficient (Wildman–Crippen LogP) is 1.14. The van der Waals surface area contributed by atoms with Crippen molar-refractivity contribution in [1.29, 1.82) is 5.41 Å². The first kappa shape index (κ1) is 17.0. The second-order valence-corrected chi connectivity index (χ2v) is 6.41. The number of benzene rings is 1. The van der Waals surface area contributed by atoms with Crippen molar-refractivity contribution in [2.45, 2.75) is 45.2 Å². The molecule has 0 amide bonds. The van der Waals surface area contributed by atoms with Gasteiger partial charge in [-0.25, -0.2) is 4.79 Å². The maximum absolute atomic E-state index is 12.9. The van der Waals surface area contributed by atoms with Gasteiger partial charge in [-0.05, 0) is 30.4 Å². The van der Waals surface area contributed by atoms with Gasteiger partial charge in [-0.3, -0.25) is 19.3 Å². The van der Waals surface area contributed by atoms with Gasteiger partial charge in [-0.15, -0.1) is 0 Å². The number of nitrogens with zero attached hydrogens (tertiary/aromatic N) is 2. The van der Waals surface area contributed by atoms with E-state index >= 15 is 0 Å². The molecule has 0 spiro atoms. The Morgan fingerprint density at radius 1 is 1.28 bits per heavy atom. The van der Waals surface area contributed by atoms with Crippen molar-refractivity contribution in [3.8, 4) is 5.88 Å². The van der Waals surface area contributed by atoms with Crippen LogP contribution in [0.25, 0.3) is 0 Å². The monoisotopic (exact) mass is 342 g/mol. The molecule has 7 heteroatoms. The van der Waals surface area contributed by atoms with Crippen LogP contribution in [0.4, 0.5) is 0 Å². The van der Waals surface area contributed by atoms with Crippen LogP contribution >= 0.6 is 0 Å². The second-order valence-electron chi connectivity index (χ2n) is 6.41. The number of aromatic hydroxyl groups is 1. The fraction of sp³-hybridized carbons (Fsp3) is 0.389. The van der Waals surface area contributed by atoms with E-state index < -0.39 is 23.0 Å². The van der Waals surface area contributed by atoms with Gasteiger partial charge in [0.05, 0.1) is 0 Å². The van der Waals surface area contributed by atoms with Crippen LogP contribution in [0.5, 0.6) is 5.88 Å². The summed E-state index contributed by atoms with van der Waals surface area (Å²) in [5.74, 6) is -1.04. The van der Waals surface area contributed by atoms with E-state index in [4.69, 9.17) is 11.1 Å². The van der Waals surface area contributed by atoms with Gasteiger partial charge in [0.2, 0.25) is 5.88 Å². The minimum Gasteiger partial charge on any atom is -0.494 e. The molecule has 4 N–H and O–H groups in total. The highest BCUT2D eigenvalue weighted by atomic mass is 16.3. The topological polar surface area (TPSA) is 114 Å². The van der Waals surface area contributed by atoms with E-state index in [2.05, 4.69) is 0 Å². The molecule has 0 aliphatic heterocycles. The van der Waals surface area contributed by atoms with E-state index in [1.165, 1.54) is 0 Å². The number of nitrogen functional groups attached to an aromatic ring is 1. The van der Waals surface area contributed by atoms with Crippen LogP contribution < -0.4 is 17.0 Å². The summed E-state index contributed by atoms with van der Waals surface area (Å²) in [6, 6.07) is 7.51. The van der Waals surface area contributed by atoms with Crippen molar-refractivity contribution in [3.63, 3.8) is 0 Å². The zero-order valence-corrected chi connectivity index (χ0v) is 14.2. The fourth-order valence-electron chi connectivity index (χ4n) is 3.45. The Morgan fingerprint density at radius 2 is 1.88 bits per heavy atom. The van der Waals surface area contributed by atoms with Gasteiger partial charge in [-0.2, -0.15) is 0 Å². The van der Waals surface area contributed by atoms with E-state index in [0.717, 1.165) is 26.7 Å². The maximum atomic E-state index is 12.9. The summed E-state index contributed by atoms with van der Waals surface area (Å²) in [5.41, 5.74) is 6.19. The zero-order valence-electron chi connectivity index (χ0n) is 14.2. The molecule has 2 aromatic rings. The summed E-state index contributed by atoms with van der Waals surface area (Å²) in [5, 5.41) is 18.0. The Morgan fingerprint density at radius 3 is 2.40 bits per heavy atom. The third-order valence-electron chi connectivity index (χ3n) is 4.75. The van der Waals surface area contributed by atoms with Gasteiger partial charge in [0.1, 0.15) is 11.4 Å². The molecule has 7 nitrogen and oxygen atoms in total. The molecule has 0 saturated heterocycles. The van der Waals surface area contributed by atoms with Crippen LogP contribution in [-0.2, 0) is 19.4 Å². The number of amidine groups is 1. The summed E-state index contributed by atoms with van der Waals surface area (Å²) in [6.45, 7) is 2.25. The number of hydrogen-bond donors (Lipinski definition) is 3. The minimum absolute atomic E-state index is 0.279. The van der Waals surface area contributed by atoms with Crippen molar-refractivity contribution in [2.24, 2.45) is 5.73 Å². The molecule has 132 valence electrons. The largest absolute Gasteiger partial charge is 0.494 e. The first-order valence-electron chi connectivity index (χ1n) is 8.45. The number of aromatic nitrogens is 2. The Labute approximate surface area is 144 Å². The molecule has 0 radical (unpaired) electrons. The molecule has 1 aliphatic carbocycles. The third-order valence-corrected chi connectivity index (χ3v) is 4.75. The molecule has 1 aliphatic rings. The molecule has 1 aromatic carbocycles. The average molecular weight is 342 g/mol. The van der Waals surface area contributed by atoms with Crippen LogP contribution in [0.3, 0.4) is 0 Å². The lowest BCUT2D eigenvalue weighted by atomic mass is 10.1. The summed E-state index contributed by atoms with van der Waals surface area (Å²) in [6.07, 6.45) is 2.64. The molecule has 25 heavy (non-hydrogen) atoms. The van der Waals surface area contributed by atoms with Crippen molar-refractivity contribution in [3.05, 3.63) is 61.8 Å². The SMILES string of the molecule is CCCCn1c(O)c(C(=N)N)c(=O)n(C2Cc3ccccc3C2)c1=O. The highest BCUT2D eigenvalue weighted by molar-refractivity contribution is 5.96.